The predicted molar refractivity (Wildman–Crippen MR) is 185 cm³/mol. The first-order valence-electron chi connectivity index (χ1n) is 16.6. The molecule has 7 rings (SSSR count). The number of benzene rings is 3. The van der Waals surface area contributed by atoms with Gasteiger partial charge in [-0.25, -0.2) is 8.42 Å². The lowest BCUT2D eigenvalue weighted by atomic mass is 9.65. The molecule has 2 N–H and O–H groups in total. The molecule has 3 aliphatic rings. The molecule has 0 spiro atoms. The minimum absolute atomic E-state index is 0.0590. The maximum atomic E-state index is 13.9. The van der Waals surface area contributed by atoms with Gasteiger partial charge in [0.15, 0.2) is 5.76 Å². The van der Waals surface area contributed by atoms with E-state index in [1.165, 1.54) is 22.4 Å². The normalized spacial score (nSPS) is 25.4. The van der Waals surface area contributed by atoms with E-state index >= 15 is 0 Å². The van der Waals surface area contributed by atoms with Crippen LogP contribution in [0.3, 0.4) is 0 Å². The summed E-state index contributed by atoms with van der Waals surface area (Å²) in [6.07, 6.45) is 8.35. The van der Waals surface area contributed by atoms with E-state index in [1.807, 2.05) is 60.7 Å². The second-order valence-corrected chi connectivity index (χ2v) is 15.9. The molecule has 3 aromatic carbocycles. The summed E-state index contributed by atoms with van der Waals surface area (Å²) in [6.45, 7) is 4.22. The van der Waals surface area contributed by atoms with Gasteiger partial charge in [-0.3, -0.25) is 4.79 Å². The molecule has 47 heavy (non-hydrogen) atoms. The molecule has 4 aromatic rings. The first-order valence-corrected chi connectivity index (χ1v) is 18.4. The van der Waals surface area contributed by atoms with Gasteiger partial charge in [-0.05, 0) is 103 Å². The van der Waals surface area contributed by atoms with Gasteiger partial charge in [0.1, 0.15) is 0 Å². The van der Waals surface area contributed by atoms with Crippen LogP contribution in [0.4, 0.5) is 0 Å². The second-order valence-electron chi connectivity index (χ2n) is 13.9. The number of nitrogens with zero attached hydrogens (tertiary/aromatic N) is 1. The fourth-order valence-corrected chi connectivity index (χ4v) is 8.76. The van der Waals surface area contributed by atoms with Crippen LogP contribution in [0.15, 0.2) is 95.1 Å². The number of allylic oxidation sites excluding steroid dienone is 2. The molecule has 2 bridgehead atoms. The summed E-state index contributed by atoms with van der Waals surface area (Å²) in [4.78, 5) is 13.9. The lowest BCUT2D eigenvalue weighted by Gasteiger charge is -2.45. The van der Waals surface area contributed by atoms with Crippen LogP contribution >= 0.6 is 0 Å². The summed E-state index contributed by atoms with van der Waals surface area (Å²) in [5, 5.41) is 25.6. The predicted octanol–water partition coefficient (Wildman–Crippen LogP) is 7.16. The Hall–Kier alpha value is -3.56. The van der Waals surface area contributed by atoms with Crippen molar-refractivity contribution in [3.63, 3.8) is 0 Å². The number of carbonyl (C=O) groups excluding carboxylic acids is 1. The maximum Gasteiger partial charge on any atom is 0.228 e. The minimum Gasteiger partial charge on any atom is -0.461 e. The molecule has 1 heterocycles. The molecule has 0 saturated heterocycles. The molecule has 248 valence electrons. The zero-order valence-electron chi connectivity index (χ0n) is 27.5. The molecular formula is C39H45NO6S. The summed E-state index contributed by atoms with van der Waals surface area (Å²) in [7, 11) is -3.71. The van der Waals surface area contributed by atoms with Gasteiger partial charge in [0.05, 0.1) is 24.2 Å². The fraction of sp³-hybridized carbons (Fsp3) is 0.410. The molecule has 1 fully saturated rings. The topological polar surface area (TPSA) is 108 Å². The third-order valence-electron chi connectivity index (χ3n) is 10.8. The van der Waals surface area contributed by atoms with E-state index in [9.17, 15) is 23.4 Å². The number of sulfonamides is 1. The first kappa shape index (κ1) is 33.3. The Kier molecular flexibility index (Phi) is 9.33. The van der Waals surface area contributed by atoms with Crippen LogP contribution in [0.5, 0.6) is 0 Å². The second kappa shape index (κ2) is 13.2. The van der Waals surface area contributed by atoms with E-state index in [0.29, 0.717) is 44.1 Å². The van der Waals surface area contributed by atoms with Crippen LogP contribution in [0, 0.1) is 5.41 Å². The highest BCUT2D eigenvalue weighted by Crippen LogP contribution is 2.59. The molecule has 8 heteroatoms. The quantitative estimate of drug-likeness (QED) is 0.162. The molecule has 7 nitrogen and oxygen atoms in total. The molecule has 4 atom stereocenters. The van der Waals surface area contributed by atoms with Gasteiger partial charge in [-0.15, -0.1) is 0 Å². The first-order chi connectivity index (χ1) is 22.4. The van der Waals surface area contributed by atoms with Crippen LogP contribution in [0.25, 0.3) is 10.8 Å². The molecular weight excluding hydrogens is 610 g/mol. The average molecular weight is 656 g/mol. The zero-order chi connectivity index (χ0) is 33.4. The monoisotopic (exact) mass is 655 g/mol. The molecule has 0 radical (unpaired) electrons. The number of aliphatic hydroxyl groups excluding tert-OH is 1. The van der Waals surface area contributed by atoms with Crippen molar-refractivity contribution in [2.45, 2.75) is 83.0 Å². The Balaban J connectivity index is 1.43. The molecule has 4 unspecified atom stereocenters. The molecule has 1 aromatic heterocycles. The van der Waals surface area contributed by atoms with Crippen LogP contribution in [0.2, 0.25) is 0 Å². The molecule has 1 saturated carbocycles. The Labute approximate surface area is 278 Å². The Morgan fingerprint density at radius 3 is 2.57 bits per heavy atom. The van der Waals surface area contributed by atoms with Gasteiger partial charge < -0.3 is 14.6 Å². The maximum absolute atomic E-state index is 13.9. The number of ketones is 1. The van der Waals surface area contributed by atoms with Crippen LogP contribution in [-0.4, -0.2) is 53.2 Å². The SMILES string of the molecule is CC1=CCCC2(C)C(CCC2(O)CN(Cc2cccc3ccccc23)S(C)(=O)=O)c2ccc(cc2C(=O)c2ccco2)CC(O)CC1. The van der Waals surface area contributed by atoms with Crippen molar-refractivity contribution in [1.82, 2.24) is 4.31 Å². The number of furan rings is 1. The number of fused-ring (bicyclic) bond motifs is 9. The zero-order valence-corrected chi connectivity index (χ0v) is 28.3. The van der Waals surface area contributed by atoms with Gasteiger partial charge in [0.2, 0.25) is 15.8 Å². The standard InChI is InChI=1S/C39H45NO6S/c1-27-9-7-20-38(2)35(33-18-16-28(23-31(41)17-15-27)24-34(33)37(42)36-14-8-22-46-36)19-21-39(38,43)26-40(47(3,44)45)25-30-12-6-11-29-10-4-5-13-32(29)30/h4-6,8-14,16,18,22,24,31,35,41,43H,7,15,17,19-21,23,25-26H2,1-3H3. The van der Waals surface area contributed by atoms with Crippen LogP contribution in [0.1, 0.15) is 91.1 Å². The van der Waals surface area contributed by atoms with Crippen molar-refractivity contribution in [2.24, 2.45) is 5.41 Å². The highest BCUT2D eigenvalue weighted by molar-refractivity contribution is 7.88. The van der Waals surface area contributed by atoms with Gasteiger partial charge >= 0.3 is 0 Å². The molecule has 3 aliphatic carbocycles. The van der Waals surface area contributed by atoms with Crippen molar-refractivity contribution in [1.29, 1.82) is 0 Å². The van der Waals surface area contributed by atoms with E-state index < -0.39 is 27.1 Å². The summed E-state index contributed by atoms with van der Waals surface area (Å²) < 4.78 is 33.8. The van der Waals surface area contributed by atoms with Gasteiger partial charge in [0.25, 0.3) is 0 Å². The van der Waals surface area contributed by atoms with Gasteiger partial charge in [0, 0.05) is 24.1 Å². The summed E-state index contributed by atoms with van der Waals surface area (Å²) in [6, 6.07) is 23.0. The van der Waals surface area contributed by atoms with Crippen molar-refractivity contribution in [3.05, 3.63) is 119 Å². The summed E-state index contributed by atoms with van der Waals surface area (Å²) >= 11 is 0. The van der Waals surface area contributed by atoms with Crippen molar-refractivity contribution < 1.29 is 27.8 Å². The smallest absolute Gasteiger partial charge is 0.228 e. The van der Waals surface area contributed by atoms with E-state index in [4.69, 9.17) is 4.42 Å². The number of hydrogen-bond donors (Lipinski definition) is 2. The highest BCUT2D eigenvalue weighted by atomic mass is 32.2. The lowest BCUT2D eigenvalue weighted by molar-refractivity contribution is -0.0731. The van der Waals surface area contributed by atoms with E-state index in [0.717, 1.165) is 33.9 Å². The average Bonchev–Trinajstić information content (AvgIpc) is 3.66. The van der Waals surface area contributed by atoms with Gasteiger partial charge in [-0.1, -0.05) is 73.2 Å². The van der Waals surface area contributed by atoms with Crippen molar-refractivity contribution in [3.8, 4) is 0 Å². The number of hydrogen-bond acceptors (Lipinski definition) is 6. The molecule has 0 aliphatic heterocycles. The lowest BCUT2D eigenvalue weighted by Crippen LogP contribution is -2.53. The number of aliphatic hydroxyl groups is 2. The molecule has 0 amide bonds. The number of carbonyl (C=O) groups is 1. The third kappa shape index (κ3) is 6.74. The van der Waals surface area contributed by atoms with Crippen LogP contribution < -0.4 is 0 Å². The summed E-state index contributed by atoms with van der Waals surface area (Å²) in [5.74, 6) is -0.233. The largest absolute Gasteiger partial charge is 0.461 e. The van der Waals surface area contributed by atoms with Crippen molar-refractivity contribution >= 4 is 26.6 Å². The van der Waals surface area contributed by atoms with Crippen LogP contribution in [-0.2, 0) is 23.0 Å². The van der Waals surface area contributed by atoms with E-state index in [-0.39, 0.29) is 30.6 Å². The highest BCUT2D eigenvalue weighted by Gasteiger charge is 2.58. The minimum atomic E-state index is -3.71. The summed E-state index contributed by atoms with van der Waals surface area (Å²) in [5.41, 5.74) is 2.11. The Bertz CT molecular complexity index is 1890. The third-order valence-corrected chi connectivity index (χ3v) is 12.0. The van der Waals surface area contributed by atoms with E-state index in [2.05, 4.69) is 19.9 Å². The van der Waals surface area contributed by atoms with E-state index in [1.54, 1.807) is 12.1 Å². The van der Waals surface area contributed by atoms with Gasteiger partial charge in [-0.2, -0.15) is 4.31 Å². The fourth-order valence-electron chi connectivity index (χ4n) is 7.94. The Morgan fingerprint density at radius 1 is 1.02 bits per heavy atom. The van der Waals surface area contributed by atoms with Crippen molar-refractivity contribution in [2.75, 3.05) is 12.8 Å². The number of rotatable bonds is 7. The Morgan fingerprint density at radius 2 is 1.81 bits per heavy atom.